The molecule has 0 aliphatic carbocycles. The van der Waals surface area contributed by atoms with Crippen LogP contribution < -0.4 is 0 Å². The lowest BCUT2D eigenvalue weighted by molar-refractivity contribution is -0.0201. The summed E-state index contributed by atoms with van der Waals surface area (Å²) in [5.41, 5.74) is 0. The summed E-state index contributed by atoms with van der Waals surface area (Å²) < 4.78 is 0. The first-order valence-electron chi connectivity index (χ1n) is 11.7. The molecule has 0 aromatic rings. The third kappa shape index (κ3) is 5.66. The molecule has 5 nitrogen and oxygen atoms in total. The molecular formula is C22H44N4O. The summed E-state index contributed by atoms with van der Waals surface area (Å²) in [5, 5.41) is 9.68. The van der Waals surface area contributed by atoms with Crippen LogP contribution >= 0.6 is 0 Å². The van der Waals surface area contributed by atoms with Crippen LogP contribution in [-0.2, 0) is 0 Å². The van der Waals surface area contributed by atoms with E-state index in [4.69, 9.17) is 0 Å². The maximum atomic E-state index is 9.68. The normalized spacial score (nSPS) is 29.0. The Morgan fingerprint density at radius 2 is 1.56 bits per heavy atom. The van der Waals surface area contributed by atoms with Crippen molar-refractivity contribution in [3.63, 3.8) is 0 Å². The van der Waals surface area contributed by atoms with Crippen LogP contribution in [0.25, 0.3) is 0 Å². The number of piperazine rings is 1. The van der Waals surface area contributed by atoms with Crippen LogP contribution in [0.2, 0.25) is 0 Å². The molecule has 0 amide bonds. The van der Waals surface area contributed by atoms with Gasteiger partial charge in [0, 0.05) is 50.4 Å². The van der Waals surface area contributed by atoms with Crippen molar-refractivity contribution in [3.05, 3.63) is 0 Å². The Morgan fingerprint density at radius 3 is 2.15 bits per heavy atom. The first kappa shape index (κ1) is 21.5. The predicted octanol–water partition coefficient (Wildman–Crippen LogP) is 2.10. The Labute approximate surface area is 167 Å². The van der Waals surface area contributed by atoms with Crippen LogP contribution in [0.15, 0.2) is 0 Å². The average Bonchev–Trinajstić information content (AvgIpc) is 2.69. The van der Waals surface area contributed by atoms with E-state index in [0.717, 1.165) is 18.5 Å². The van der Waals surface area contributed by atoms with Crippen molar-refractivity contribution in [1.29, 1.82) is 0 Å². The fraction of sp³-hybridized carbons (Fsp3) is 1.00. The number of rotatable bonds is 7. The quantitative estimate of drug-likeness (QED) is 0.731. The molecule has 0 aromatic carbocycles. The summed E-state index contributed by atoms with van der Waals surface area (Å²) in [4.78, 5) is 10.8. The van der Waals surface area contributed by atoms with Crippen molar-refractivity contribution >= 4 is 0 Å². The molecule has 5 heteroatoms. The zero-order valence-corrected chi connectivity index (χ0v) is 18.2. The monoisotopic (exact) mass is 380 g/mol. The molecule has 1 atom stereocenters. The van der Waals surface area contributed by atoms with E-state index < -0.39 is 0 Å². The van der Waals surface area contributed by atoms with Crippen LogP contribution in [0.5, 0.6) is 0 Å². The smallest absolute Gasteiger partial charge is 0.0446 e. The molecular weight excluding hydrogens is 336 g/mol. The maximum Gasteiger partial charge on any atom is 0.0446 e. The highest BCUT2D eigenvalue weighted by Crippen LogP contribution is 2.27. The maximum absolute atomic E-state index is 9.68. The summed E-state index contributed by atoms with van der Waals surface area (Å²) in [6, 6.07) is 2.72. The van der Waals surface area contributed by atoms with Crippen molar-refractivity contribution in [2.45, 2.75) is 83.5 Å². The molecule has 0 spiro atoms. The van der Waals surface area contributed by atoms with E-state index in [0.29, 0.717) is 18.7 Å². The summed E-state index contributed by atoms with van der Waals surface area (Å²) in [6.07, 6.45) is 7.48. The lowest BCUT2D eigenvalue weighted by atomic mass is 9.95. The molecule has 3 rings (SSSR count). The predicted molar refractivity (Wildman–Crippen MR) is 113 cm³/mol. The van der Waals surface area contributed by atoms with E-state index in [1.165, 1.54) is 84.5 Å². The Hall–Kier alpha value is -0.200. The second-order valence-electron chi connectivity index (χ2n) is 9.33. The number of hydrogen-bond acceptors (Lipinski definition) is 5. The lowest BCUT2D eigenvalue weighted by Crippen LogP contribution is -2.61. The van der Waals surface area contributed by atoms with Crippen LogP contribution in [0.4, 0.5) is 0 Å². The van der Waals surface area contributed by atoms with Crippen molar-refractivity contribution < 1.29 is 5.11 Å². The number of aliphatic hydroxyl groups is 1. The van der Waals surface area contributed by atoms with E-state index in [1.54, 1.807) is 0 Å². The minimum absolute atomic E-state index is 0.328. The first-order valence-corrected chi connectivity index (χ1v) is 11.7. The molecule has 3 aliphatic heterocycles. The summed E-state index contributed by atoms with van der Waals surface area (Å²) in [6.45, 7) is 17.1. The minimum atomic E-state index is 0.328. The molecule has 0 radical (unpaired) electrons. The Balaban J connectivity index is 1.51. The van der Waals surface area contributed by atoms with Crippen LogP contribution in [-0.4, -0.2) is 108 Å². The average molecular weight is 381 g/mol. The molecule has 0 aromatic heterocycles. The van der Waals surface area contributed by atoms with Gasteiger partial charge < -0.3 is 14.9 Å². The van der Waals surface area contributed by atoms with Gasteiger partial charge in [-0.05, 0) is 85.1 Å². The van der Waals surface area contributed by atoms with Gasteiger partial charge in [-0.25, -0.2) is 0 Å². The van der Waals surface area contributed by atoms with Crippen molar-refractivity contribution in [3.8, 4) is 0 Å². The third-order valence-corrected chi connectivity index (χ3v) is 7.33. The van der Waals surface area contributed by atoms with E-state index in [2.05, 4.69) is 40.4 Å². The van der Waals surface area contributed by atoms with Crippen LogP contribution in [0.1, 0.15) is 59.3 Å². The second-order valence-corrected chi connectivity index (χ2v) is 9.33. The SMILES string of the molecule is CCCN1CCC(N2CCN(C3CCN(C(C)C)CC3)C(CCO)C2)CC1. The zero-order valence-electron chi connectivity index (χ0n) is 18.2. The van der Waals surface area contributed by atoms with Gasteiger partial charge in [-0.15, -0.1) is 0 Å². The number of likely N-dealkylation sites (tertiary alicyclic amines) is 2. The van der Waals surface area contributed by atoms with E-state index in [1.807, 2.05) is 0 Å². The third-order valence-electron chi connectivity index (χ3n) is 7.33. The molecule has 1 unspecified atom stereocenters. The molecule has 1 N–H and O–H groups in total. The van der Waals surface area contributed by atoms with Crippen LogP contribution in [0.3, 0.4) is 0 Å². The highest BCUT2D eigenvalue weighted by atomic mass is 16.3. The second kappa shape index (κ2) is 10.5. The summed E-state index contributed by atoms with van der Waals surface area (Å²) in [7, 11) is 0. The van der Waals surface area contributed by atoms with Gasteiger partial charge >= 0.3 is 0 Å². The van der Waals surface area contributed by atoms with Gasteiger partial charge in [0.05, 0.1) is 0 Å². The fourth-order valence-electron chi connectivity index (χ4n) is 5.67. The number of nitrogens with zero attached hydrogens (tertiary/aromatic N) is 4. The number of hydrogen-bond donors (Lipinski definition) is 1. The van der Waals surface area contributed by atoms with Gasteiger partial charge in [0.2, 0.25) is 0 Å². The molecule has 0 saturated carbocycles. The van der Waals surface area contributed by atoms with Gasteiger partial charge in [-0.1, -0.05) is 6.92 Å². The van der Waals surface area contributed by atoms with Gasteiger partial charge in [-0.3, -0.25) is 9.80 Å². The molecule has 158 valence electrons. The van der Waals surface area contributed by atoms with E-state index in [9.17, 15) is 5.11 Å². The standard InChI is InChI=1S/C22H44N4O/c1-4-10-23-11-5-20(6-12-23)25-15-16-26(22(18-25)9-17-27)21-7-13-24(14-8-21)19(2)3/h19-22,27H,4-18H2,1-3H3. The number of piperidine rings is 2. The highest BCUT2D eigenvalue weighted by molar-refractivity contribution is 4.92. The summed E-state index contributed by atoms with van der Waals surface area (Å²) in [5.74, 6) is 0. The Morgan fingerprint density at radius 1 is 0.889 bits per heavy atom. The molecule has 3 heterocycles. The minimum Gasteiger partial charge on any atom is -0.396 e. The zero-order chi connectivity index (χ0) is 19.2. The molecule has 0 bridgehead atoms. The Bertz CT molecular complexity index is 417. The largest absolute Gasteiger partial charge is 0.396 e. The topological polar surface area (TPSA) is 33.2 Å². The first-order chi connectivity index (χ1) is 13.1. The molecule has 3 aliphatic rings. The molecule has 3 fully saturated rings. The van der Waals surface area contributed by atoms with Gasteiger partial charge in [-0.2, -0.15) is 0 Å². The van der Waals surface area contributed by atoms with Gasteiger partial charge in [0.1, 0.15) is 0 Å². The van der Waals surface area contributed by atoms with Gasteiger partial charge in [0.25, 0.3) is 0 Å². The molecule has 3 saturated heterocycles. The summed E-state index contributed by atoms with van der Waals surface area (Å²) >= 11 is 0. The number of aliphatic hydroxyl groups excluding tert-OH is 1. The molecule has 27 heavy (non-hydrogen) atoms. The lowest BCUT2D eigenvalue weighted by Gasteiger charge is -2.50. The fourth-order valence-corrected chi connectivity index (χ4v) is 5.67. The van der Waals surface area contributed by atoms with E-state index >= 15 is 0 Å². The van der Waals surface area contributed by atoms with E-state index in [-0.39, 0.29) is 0 Å². The van der Waals surface area contributed by atoms with Crippen molar-refractivity contribution in [1.82, 2.24) is 19.6 Å². The Kier molecular flexibility index (Phi) is 8.40. The van der Waals surface area contributed by atoms with Gasteiger partial charge in [0.15, 0.2) is 0 Å². The highest BCUT2D eigenvalue weighted by Gasteiger charge is 2.36. The van der Waals surface area contributed by atoms with Crippen molar-refractivity contribution in [2.75, 3.05) is 59.0 Å². The van der Waals surface area contributed by atoms with Crippen LogP contribution in [0, 0.1) is 0 Å². The van der Waals surface area contributed by atoms with Crippen molar-refractivity contribution in [2.24, 2.45) is 0 Å².